The first-order chi connectivity index (χ1) is 9.77. The van der Waals surface area contributed by atoms with Gasteiger partial charge in [-0.25, -0.2) is 0 Å². The molecule has 1 aromatic carbocycles. The van der Waals surface area contributed by atoms with Crippen LogP contribution in [0, 0.1) is 12.8 Å². The Morgan fingerprint density at radius 3 is 2.00 bits per heavy atom. The molecule has 0 N–H and O–H groups in total. The number of hydrogen-bond donors (Lipinski definition) is 0. The Kier molecular flexibility index (Phi) is 5.45. The minimum absolute atomic E-state index is 0.0989. The monoisotopic (exact) mass is 289 g/mol. The molecule has 0 aliphatic carbocycles. The quantitative estimate of drug-likeness (QED) is 0.786. The van der Waals surface area contributed by atoms with Gasteiger partial charge in [-0.1, -0.05) is 36.8 Å². The Labute approximate surface area is 126 Å². The molecule has 0 bridgehead atoms. The van der Waals surface area contributed by atoms with Crippen LogP contribution < -0.4 is 0 Å². The summed E-state index contributed by atoms with van der Waals surface area (Å²) in [6.07, 6.45) is 1.17. The predicted molar refractivity (Wildman–Crippen MR) is 79.3 cm³/mol. The molecule has 1 aliphatic heterocycles. The number of carbonyl (C=O) groups is 1. The van der Waals surface area contributed by atoms with Gasteiger partial charge >= 0.3 is 6.15 Å². The highest BCUT2D eigenvalue weighted by Gasteiger charge is 2.50. The van der Waals surface area contributed by atoms with Crippen LogP contribution in [0.4, 0.5) is 0 Å². The minimum atomic E-state index is -0.0989. The van der Waals surface area contributed by atoms with Gasteiger partial charge in [0.2, 0.25) is 5.91 Å². The molecule has 4 nitrogen and oxygen atoms in total. The van der Waals surface area contributed by atoms with Gasteiger partial charge in [0.15, 0.2) is 0 Å². The normalized spacial score (nSPS) is 21.0. The van der Waals surface area contributed by atoms with Crippen LogP contribution in [0.2, 0.25) is 0 Å². The second-order valence-corrected chi connectivity index (χ2v) is 6.33. The fourth-order valence-corrected chi connectivity index (χ4v) is 2.84. The topological polar surface area (TPSA) is 54.5 Å². The maximum absolute atomic E-state index is 12.2. The average molecular weight is 289 g/mol. The zero-order valence-electron chi connectivity index (χ0n) is 13.3. The lowest BCUT2D eigenvalue weighted by Crippen LogP contribution is -2.61. The Balaban J connectivity index is 0.000000677. The van der Waals surface area contributed by atoms with Crippen LogP contribution in [0.15, 0.2) is 24.3 Å². The van der Waals surface area contributed by atoms with E-state index < -0.39 is 0 Å². The molecule has 2 atom stereocenters. The summed E-state index contributed by atoms with van der Waals surface area (Å²) in [5.74, 6) is 0.461. The van der Waals surface area contributed by atoms with Gasteiger partial charge in [-0.15, -0.1) is 0 Å². The minimum Gasteiger partial charge on any atom is -0.330 e. The number of benzene rings is 1. The van der Waals surface area contributed by atoms with E-state index in [1.165, 1.54) is 11.1 Å². The van der Waals surface area contributed by atoms with E-state index in [4.69, 9.17) is 9.59 Å². The number of β-lactam (4-membered cyclic amide) rings is 1. The molecule has 0 aromatic heterocycles. The van der Waals surface area contributed by atoms with Crippen molar-refractivity contribution in [3.05, 3.63) is 35.4 Å². The van der Waals surface area contributed by atoms with Crippen molar-refractivity contribution in [2.45, 2.75) is 52.6 Å². The van der Waals surface area contributed by atoms with Gasteiger partial charge in [-0.3, -0.25) is 4.79 Å². The van der Waals surface area contributed by atoms with Crippen LogP contribution in [0.3, 0.4) is 0 Å². The van der Waals surface area contributed by atoms with Crippen molar-refractivity contribution in [3.8, 4) is 0 Å². The molecule has 2 rings (SSSR count). The largest absolute Gasteiger partial charge is 0.373 e. The summed E-state index contributed by atoms with van der Waals surface area (Å²) in [5.41, 5.74) is 2.43. The highest BCUT2D eigenvalue weighted by Crippen LogP contribution is 2.46. The third-order valence-electron chi connectivity index (χ3n) is 3.80. The third kappa shape index (κ3) is 3.59. The van der Waals surface area contributed by atoms with Crippen molar-refractivity contribution in [2.75, 3.05) is 0 Å². The first-order valence-corrected chi connectivity index (χ1v) is 7.17. The molecule has 0 unspecified atom stereocenters. The molecule has 0 radical (unpaired) electrons. The van der Waals surface area contributed by atoms with E-state index in [2.05, 4.69) is 58.9 Å². The maximum atomic E-state index is 12.2. The molecule has 1 aliphatic rings. The van der Waals surface area contributed by atoms with Crippen molar-refractivity contribution >= 4 is 12.1 Å². The summed E-state index contributed by atoms with van der Waals surface area (Å²) in [4.78, 5) is 30.5. The second-order valence-electron chi connectivity index (χ2n) is 6.33. The standard InChI is InChI=1S/C16H23NO.CO2/c1-6-13-14(12-9-7-11(2)8-10-12)17(15(13)18)16(3,4)5;2-1-3/h7-10,13-14H,6H2,1-5H3;/t13-,14+;/m1./s1. The summed E-state index contributed by atoms with van der Waals surface area (Å²) < 4.78 is 0. The van der Waals surface area contributed by atoms with Crippen molar-refractivity contribution in [1.29, 1.82) is 0 Å². The van der Waals surface area contributed by atoms with Gasteiger partial charge in [-0.2, -0.15) is 9.59 Å². The van der Waals surface area contributed by atoms with Gasteiger partial charge in [0.05, 0.1) is 12.0 Å². The second kappa shape index (κ2) is 6.68. The van der Waals surface area contributed by atoms with Crippen LogP contribution in [0.5, 0.6) is 0 Å². The Hall–Kier alpha value is -1.93. The first-order valence-electron chi connectivity index (χ1n) is 7.17. The van der Waals surface area contributed by atoms with E-state index in [-0.39, 0.29) is 23.7 Å². The molecule has 1 amide bonds. The highest BCUT2D eigenvalue weighted by atomic mass is 16.2. The number of hydrogen-bond acceptors (Lipinski definition) is 3. The molecule has 21 heavy (non-hydrogen) atoms. The predicted octanol–water partition coefficient (Wildman–Crippen LogP) is 3.12. The Bertz CT molecular complexity index is 522. The lowest BCUT2D eigenvalue weighted by molar-refractivity contribution is -0.191. The highest BCUT2D eigenvalue weighted by molar-refractivity contribution is 5.87. The molecular weight excluding hydrogens is 266 g/mol. The lowest BCUT2D eigenvalue weighted by atomic mass is 9.77. The summed E-state index contributed by atoms with van der Waals surface area (Å²) in [6.45, 7) is 10.5. The number of aryl methyl sites for hydroxylation is 1. The van der Waals surface area contributed by atoms with E-state index in [0.29, 0.717) is 5.91 Å². The van der Waals surface area contributed by atoms with Crippen molar-refractivity contribution in [1.82, 2.24) is 4.90 Å². The van der Waals surface area contributed by atoms with Gasteiger partial charge < -0.3 is 4.90 Å². The Morgan fingerprint density at radius 2 is 1.62 bits per heavy atom. The molecular formula is C17H23NO3. The number of nitrogens with zero attached hydrogens (tertiary/aromatic N) is 1. The molecule has 0 spiro atoms. The van der Waals surface area contributed by atoms with E-state index in [0.717, 1.165) is 6.42 Å². The summed E-state index contributed by atoms with van der Waals surface area (Å²) in [6, 6.07) is 8.84. The summed E-state index contributed by atoms with van der Waals surface area (Å²) in [5, 5.41) is 0. The fraction of sp³-hybridized carbons (Fsp3) is 0.529. The molecule has 1 saturated heterocycles. The van der Waals surface area contributed by atoms with Crippen LogP contribution >= 0.6 is 0 Å². The molecule has 1 fully saturated rings. The molecule has 0 saturated carbocycles. The molecule has 1 aromatic rings. The molecule has 1 heterocycles. The smallest absolute Gasteiger partial charge is 0.330 e. The van der Waals surface area contributed by atoms with E-state index >= 15 is 0 Å². The molecule has 4 heteroatoms. The molecule has 114 valence electrons. The number of carbonyl (C=O) groups excluding carboxylic acids is 3. The average Bonchev–Trinajstić information content (AvgIpc) is 2.37. The van der Waals surface area contributed by atoms with E-state index in [9.17, 15) is 4.79 Å². The van der Waals surface area contributed by atoms with Crippen molar-refractivity contribution in [2.24, 2.45) is 5.92 Å². The van der Waals surface area contributed by atoms with Crippen LogP contribution in [-0.4, -0.2) is 22.5 Å². The fourth-order valence-electron chi connectivity index (χ4n) is 2.84. The van der Waals surface area contributed by atoms with E-state index in [1.54, 1.807) is 0 Å². The Morgan fingerprint density at radius 1 is 1.14 bits per heavy atom. The number of amides is 1. The number of rotatable bonds is 2. The van der Waals surface area contributed by atoms with Crippen LogP contribution in [0.1, 0.15) is 51.3 Å². The van der Waals surface area contributed by atoms with Gasteiger partial charge in [0.1, 0.15) is 0 Å². The van der Waals surface area contributed by atoms with Crippen LogP contribution in [0.25, 0.3) is 0 Å². The summed E-state index contributed by atoms with van der Waals surface area (Å²) >= 11 is 0. The maximum Gasteiger partial charge on any atom is 0.373 e. The lowest BCUT2D eigenvalue weighted by Gasteiger charge is -2.54. The zero-order valence-corrected chi connectivity index (χ0v) is 13.3. The SMILES string of the molecule is CC[C@H]1C(=O)N(C(C)(C)C)[C@H]1c1ccc(C)cc1.O=C=O. The van der Waals surface area contributed by atoms with Gasteiger partial charge in [0, 0.05) is 5.54 Å². The van der Waals surface area contributed by atoms with Gasteiger partial charge in [0.25, 0.3) is 0 Å². The zero-order chi connectivity index (χ0) is 16.2. The summed E-state index contributed by atoms with van der Waals surface area (Å²) in [7, 11) is 0. The first kappa shape index (κ1) is 17.1. The van der Waals surface area contributed by atoms with Crippen molar-refractivity contribution < 1.29 is 14.4 Å². The van der Waals surface area contributed by atoms with Crippen molar-refractivity contribution in [3.63, 3.8) is 0 Å². The van der Waals surface area contributed by atoms with Gasteiger partial charge in [-0.05, 0) is 39.7 Å². The van der Waals surface area contributed by atoms with Crippen LogP contribution in [-0.2, 0) is 14.4 Å². The number of likely N-dealkylation sites (tertiary alicyclic amines) is 1. The third-order valence-corrected chi connectivity index (χ3v) is 3.80. The van der Waals surface area contributed by atoms with E-state index in [1.807, 2.05) is 4.90 Å².